The molecule has 0 aliphatic rings. The van der Waals surface area contributed by atoms with Crippen molar-refractivity contribution in [3.8, 4) is 0 Å². The Balaban J connectivity index is 2.87. The van der Waals surface area contributed by atoms with Crippen LogP contribution in [0.15, 0.2) is 18.2 Å². The number of rotatable bonds is 3. The summed E-state index contributed by atoms with van der Waals surface area (Å²) < 4.78 is 0. The number of hydrogen-bond donors (Lipinski definition) is 2. The van der Waals surface area contributed by atoms with Crippen molar-refractivity contribution in [3.63, 3.8) is 0 Å². The molecule has 1 aromatic rings. The lowest BCUT2D eigenvalue weighted by atomic mass is 9.96. The number of benzene rings is 1. The van der Waals surface area contributed by atoms with Gasteiger partial charge < -0.3 is 10.8 Å². The Kier molecular flexibility index (Phi) is 3.53. The van der Waals surface area contributed by atoms with E-state index in [0.717, 1.165) is 11.1 Å². The van der Waals surface area contributed by atoms with Gasteiger partial charge in [-0.25, -0.2) is 0 Å². The van der Waals surface area contributed by atoms with Crippen LogP contribution in [0.4, 0.5) is 0 Å². The first kappa shape index (κ1) is 11.5. The van der Waals surface area contributed by atoms with Gasteiger partial charge in [-0.2, -0.15) is 0 Å². The lowest BCUT2D eigenvalue weighted by molar-refractivity contribution is 0.0697. The molecule has 1 unspecified atom stereocenters. The van der Waals surface area contributed by atoms with Gasteiger partial charge in [-0.15, -0.1) is 0 Å². The minimum atomic E-state index is -0.876. The number of halogens is 1. The third-order valence-corrected chi connectivity index (χ3v) is 2.57. The van der Waals surface area contributed by atoms with Crippen LogP contribution in [-0.2, 0) is 6.42 Å². The molecule has 0 amide bonds. The van der Waals surface area contributed by atoms with E-state index in [2.05, 4.69) is 0 Å². The monoisotopic (exact) mass is 213 g/mol. The van der Waals surface area contributed by atoms with Crippen LogP contribution in [0.25, 0.3) is 0 Å². The molecule has 0 saturated heterocycles. The van der Waals surface area contributed by atoms with Crippen LogP contribution >= 0.6 is 11.6 Å². The Morgan fingerprint density at radius 3 is 2.64 bits per heavy atom. The third kappa shape index (κ3) is 2.98. The Bertz CT molecular complexity index is 323. The highest BCUT2D eigenvalue weighted by atomic mass is 35.5. The quantitative estimate of drug-likeness (QED) is 0.806. The summed E-state index contributed by atoms with van der Waals surface area (Å²) in [5, 5.41) is 10.5. The summed E-state index contributed by atoms with van der Waals surface area (Å²) >= 11 is 6.04. The summed E-state index contributed by atoms with van der Waals surface area (Å²) in [6.45, 7) is 3.93. The molecule has 2 nitrogen and oxygen atoms in total. The molecule has 0 spiro atoms. The van der Waals surface area contributed by atoms with Crippen molar-refractivity contribution < 1.29 is 5.11 Å². The molecule has 0 fully saturated rings. The first-order valence-corrected chi connectivity index (χ1v) is 5.00. The van der Waals surface area contributed by atoms with Gasteiger partial charge >= 0.3 is 0 Å². The molecule has 0 saturated carbocycles. The van der Waals surface area contributed by atoms with Gasteiger partial charge in [0.2, 0.25) is 0 Å². The van der Waals surface area contributed by atoms with Crippen LogP contribution in [0.1, 0.15) is 18.1 Å². The van der Waals surface area contributed by atoms with Crippen LogP contribution in [-0.4, -0.2) is 17.3 Å². The van der Waals surface area contributed by atoms with Crippen LogP contribution in [0.3, 0.4) is 0 Å². The highest BCUT2D eigenvalue weighted by Gasteiger charge is 2.19. The van der Waals surface area contributed by atoms with Crippen LogP contribution in [0.5, 0.6) is 0 Å². The summed E-state index contributed by atoms with van der Waals surface area (Å²) in [6, 6.07) is 5.80. The van der Waals surface area contributed by atoms with Gasteiger partial charge in [0, 0.05) is 18.0 Å². The predicted octanol–water partition coefficient (Wildman–Crippen LogP) is 1.90. The van der Waals surface area contributed by atoms with Gasteiger partial charge in [0.25, 0.3) is 0 Å². The maximum absolute atomic E-state index is 9.79. The first-order chi connectivity index (χ1) is 6.44. The van der Waals surface area contributed by atoms with Crippen molar-refractivity contribution in [1.82, 2.24) is 0 Å². The van der Waals surface area contributed by atoms with Crippen molar-refractivity contribution in [2.75, 3.05) is 6.54 Å². The zero-order chi connectivity index (χ0) is 10.8. The second kappa shape index (κ2) is 4.30. The SMILES string of the molecule is Cc1ccc(CC(C)(O)CN)c(Cl)c1. The molecule has 0 bridgehead atoms. The van der Waals surface area contributed by atoms with E-state index in [9.17, 15) is 5.11 Å². The molecule has 3 N–H and O–H groups in total. The number of aryl methyl sites for hydroxylation is 1. The van der Waals surface area contributed by atoms with Gasteiger partial charge in [-0.05, 0) is 31.0 Å². The first-order valence-electron chi connectivity index (χ1n) is 4.62. The smallest absolute Gasteiger partial charge is 0.0782 e. The molecular formula is C11H16ClNO. The second-order valence-corrected chi connectivity index (χ2v) is 4.38. The standard InChI is InChI=1S/C11H16ClNO/c1-8-3-4-9(10(12)5-8)6-11(2,14)7-13/h3-5,14H,6-7,13H2,1-2H3. The largest absolute Gasteiger partial charge is 0.389 e. The van der Waals surface area contributed by atoms with E-state index in [0.29, 0.717) is 11.4 Å². The van der Waals surface area contributed by atoms with Gasteiger partial charge in [0.15, 0.2) is 0 Å². The molecule has 0 aliphatic carbocycles. The molecule has 1 atom stereocenters. The Labute approximate surface area is 89.7 Å². The summed E-state index contributed by atoms with van der Waals surface area (Å²) in [5.41, 5.74) is 6.62. The van der Waals surface area contributed by atoms with Crippen molar-refractivity contribution in [1.29, 1.82) is 0 Å². The Morgan fingerprint density at radius 1 is 1.50 bits per heavy atom. The second-order valence-electron chi connectivity index (χ2n) is 3.97. The van der Waals surface area contributed by atoms with E-state index in [1.54, 1.807) is 6.92 Å². The van der Waals surface area contributed by atoms with E-state index in [-0.39, 0.29) is 6.54 Å². The number of hydrogen-bond acceptors (Lipinski definition) is 2. The van der Waals surface area contributed by atoms with Crippen molar-refractivity contribution in [2.24, 2.45) is 5.73 Å². The zero-order valence-electron chi connectivity index (χ0n) is 8.55. The Morgan fingerprint density at radius 2 is 2.14 bits per heavy atom. The van der Waals surface area contributed by atoms with Gasteiger partial charge in [-0.1, -0.05) is 23.7 Å². The normalized spacial score (nSPS) is 15.2. The fraction of sp³-hybridized carbons (Fsp3) is 0.455. The van der Waals surface area contributed by atoms with E-state index in [4.69, 9.17) is 17.3 Å². The maximum Gasteiger partial charge on any atom is 0.0782 e. The average molecular weight is 214 g/mol. The number of aliphatic hydroxyl groups is 1. The lowest BCUT2D eigenvalue weighted by Crippen LogP contribution is -2.36. The van der Waals surface area contributed by atoms with Crippen molar-refractivity contribution in [3.05, 3.63) is 34.3 Å². The molecule has 0 radical (unpaired) electrons. The minimum absolute atomic E-state index is 0.233. The molecule has 3 heteroatoms. The average Bonchev–Trinajstić information content (AvgIpc) is 2.10. The molecule has 78 valence electrons. The molecule has 14 heavy (non-hydrogen) atoms. The summed E-state index contributed by atoms with van der Waals surface area (Å²) in [5.74, 6) is 0. The highest BCUT2D eigenvalue weighted by Crippen LogP contribution is 2.21. The van der Waals surface area contributed by atoms with Crippen molar-refractivity contribution in [2.45, 2.75) is 25.9 Å². The van der Waals surface area contributed by atoms with E-state index in [1.807, 2.05) is 25.1 Å². The predicted molar refractivity (Wildman–Crippen MR) is 59.6 cm³/mol. The van der Waals surface area contributed by atoms with Crippen LogP contribution in [0, 0.1) is 6.92 Å². The zero-order valence-corrected chi connectivity index (χ0v) is 9.30. The van der Waals surface area contributed by atoms with E-state index in [1.165, 1.54) is 0 Å². The van der Waals surface area contributed by atoms with Crippen LogP contribution in [0.2, 0.25) is 5.02 Å². The van der Waals surface area contributed by atoms with E-state index >= 15 is 0 Å². The van der Waals surface area contributed by atoms with Crippen LogP contribution < -0.4 is 5.73 Å². The maximum atomic E-state index is 9.79. The lowest BCUT2D eigenvalue weighted by Gasteiger charge is -2.21. The number of nitrogens with two attached hydrogens (primary N) is 1. The van der Waals surface area contributed by atoms with Gasteiger partial charge in [0.05, 0.1) is 5.60 Å². The summed E-state index contributed by atoms with van der Waals surface area (Å²) in [6.07, 6.45) is 0.489. The fourth-order valence-corrected chi connectivity index (χ4v) is 1.58. The van der Waals surface area contributed by atoms with Gasteiger partial charge in [-0.3, -0.25) is 0 Å². The fourth-order valence-electron chi connectivity index (χ4n) is 1.28. The Hall–Kier alpha value is -0.570. The highest BCUT2D eigenvalue weighted by molar-refractivity contribution is 6.31. The molecule has 0 aliphatic heterocycles. The van der Waals surface area contributed by atoms with E-state index < -0.39 is 5.60 Å². The van der Waals surface area contributed by atoms with Gasteiger partial charge in [0.1, 0.15) is 0 Å². The molecule has 0 aromatic heterocycles. The summed E-state index contributed by atoms with van der Waals surface area (Å²) in [7, 11) is 0. The van der Waals surface area contributed by atoms with Crippen molar-refractivity contribution >= 4 is 11.6 Å². The molecule has 1 aromatic carbocycles. The molecule has 0 heterocycles. The molecule has 1 rings (SSSR count). The third-order valence-electron chi connectivity index (χ3n) is 2.22. The molecular weight excluding hydrogens is 198 g/mol. The topological polar surface area (TPSA) is 46.2 Å². The summed E-state index contributed by atoms with van der Waals surface area (Å²) in [4.78, 5) is 0. The minimum Gasteiger partial charge on any atom is -0.389 e.